The monoisotopic (exact) mass is 893 g/mol. The van der Waals surface area contributed by atoms with Crippen LogP contribution in [0.3, 0.4) is 0 Å². The molecule has 0 spiro atoms. The molecular formula is C28H16F26OP+. The van der Waals surface area contributed by atoms with Crippen LogP contribution < -0.4 is 10.6 Å². The molecular weight excluding hydrogens is 877 g/mol. The van der Waals surface area contributed by atoms with E-state index in [1.165, 1.54) is 0 Å². The van der Waals surface area contributed by atoms with Crippen LogP contribution in [0.1, 0.15) is 24.0 Å². The highest BCUT2D eigenvalue weighted by Gasteiger charge is 2.92. The molecule has 0 aliphatic carbocycles. The molecule has 56 heavy (non-hydrogen) atoms. The highest BCUT2D eigenvalue weighted by atomic mass is 31.1. The molecule has 0 amide bonds. The highest BCUT2D eigenvalue weighted by Crippen LogP contribution is 2.62. The topological polar surface area (TPSA) is 17.1 Å². The quantitative estimate of drug-likeness (QED) is 0.121. The molecule has 0 aliphatic heterocycles. The SMILES string of the molecule is O=[P+](c1cccc(CCC(F)(F)C(F)(F)C(F)(F)C(F)(F)C(F)(F)C(F)(F)F)c1)c1cccc(CCC(F)(F)C(F)(F)C(F)(F)C(F)(F)C(F)(F)C(F)(F)F)c1. The van der Waals surface area contributed by atoms with Crippen molar-refractivity contribution in [3.63, 3.8) is 0 Å². The van der Waals surface area contributed by atoms with E-state index in [-0.39, 0.29) is 0 Å². The van der Waals surface area contributed by atoms with Crippen LogP contribution in [0.25, 0.3) is 0 Å². The van der Waals surface area contributed by atoms with Crippen LogP contribution in [-0.4, -0.2) is 71.6 Å². The van der Waals surface area contributed by atoms with Crippen LogP contribution >= 0.6 is 7.80 Å². The Bertz CT molecular complexity index is 1600. The van der Waals surface area contributed by atoms with Crippen molar-refractivity contribution in [2.75, 3.05) is 0 Å². The van der Waals surface area contributed by atoms with E-state index in [4.69, 9.17) is 0 Å². The maximum atomic E-state index is 14.2. The van der Waals surface area contributed by atoms with Gasteiger partial charge in [0.1, 0.15) is 0 Å². The first-order valence-electron chi connectivity index (χ1n) is 14.1. The normalized spacial score (nSPS) is 15.3. The Morgan fingerprint density at radius 3 is 0.857 bits per heavy atom. The summed E-state index contributed by atoms with van der Waals surface area (Å²) in [6.07, 6.45) is -23.9. The van der Waals surface area contributed by atoms with Crippen molar-refractivity contribution >= 4 is 18.4 Å². The molecule has 0 aliphatic rings. The minimum absolute atomic E-state index is 0.526. The molecule has 0 atom stereocenters. The summed E-state index contributed by atoms with van der Waals surface area (Å²) in [5.41, 5.74) is -1.47. The van der Waals surface area contributed by atoms with Gasteiger partial charge in [0, 0.05) is 12.8 Å². The van der Waals surface area contributed by atoms with Gasteiger partial charge in [0.05, 0.1) is 0 Å². The summed E-state index contributed by atoms with van der Waals surface area (Å²) < 4.78 is 360. The van der Waals surface area contributed by atoms with E-state index < -0.39 is 127 Å². The Balaban J connectivity index is 2.32. The first-order valence-corrected chi connectivity index (χ1v) is 15.4. The molecule has 0 unspecified atom stereocenters. The van der Waals surface area contributed by atoms with Crippen LogP contribution in [-0.2, 0) is 17.4 Å². The third kappa shape index (κ3) is 7.81. The minimum atomic E-state index is -8.15. The third-order valence-corrected chi connectivity index (χ3v) is 9.24. The predicted octanol–water partition coefficient (Wildman–Crippen LogP) is 11.8. The average molecular weight is 893 g/mol. The third-order valence-electron chi connectivity index (χ3n) is 7.74. The molecule has 2 rings (SSSR count). The van der Waals surface area contributed by atoms with Crippen LogP contribution in [0.4, 0.5) is 114 Å². The Morgan fingerprint density at radius 2 is 0.607 bits per heavy atom. The molecule has 28 heteroatoms. The summed E-state index contributed by atoms with van der Waals surface area (Å²) in [4.78, 5) is 0. The van der Waals surface area contributed by atoms with Crippen molar-refractivity contribution in [1.29, 1.82) is 0 Å². The van der Waals surface area contributed by atoms with Gasteiger partial charge in [-0.3, -0.25) is 0 Å². The molecule has 2 aromatic carbocycles. The lowest BCUT2D eigenvalue weighted by molar-refractivity contribution is -0.440. The Hall–Kier alpha value is -3.28. The van der Waals surface area contributed by atoms with Gasteiger partial charge in [0.25, 0.3) is 0 Å². The molecule has 0 saturated heterocycles. The standard InChI is InChI=1S/C28H16F26OP/c29-17(30,19(33,34)21(37,38)23(41,42)25(45,46)27(49,50)51)9-7-13-3-1-5-15(11-13)56(55)16-6-2-4-14(12-16)8-10-18(31,32)20(35,36)22(39,40)24(43,44)26(47,48)28(52,53)54/h1-6,11-12H,7-10H2/q+1. The van der Waals surface area contributed by atoms with Crippen LogP contribution in [0.2, 0.25) is 0 Å². The van der Waals surface area contributed by atoms with Gasteiger partial charge in [-0.15, -0.1) is 0 Å². The van der Waals surface area contributed by atoms with Crippen molar-refractivity contribution in [2.45, 2.75) is 97.3 Å². The van der Waals surface area contributed by atoms with Gasteiger partial charge < -0.3 is 0 Å². The molecule has 0 fully saturated rings. The van der Waals surface area contributed by atoms with E-state index in [2.05, 4.69) is 0 Å². The molecule has 320 valence electrons. The lowest BCUT2D eigenvalue weighted by atomic mass is 9.91. The van der Waals surface area contributed by atoms with Crippen LogP contribution in [0.15, 0.2) is 48.5 Å². The van der Waals surface area contributed by atoms with E-state index in [0.29, 0.717) is 24.3 Å². The van der Waals surface area contributed by atoms with Crippen molar-refractivity contribution in [1.82, 2.24) is 0 Å². The van der Waals surface area contributed by atoms with Crippen molar-refractivity contribution in [3.05, 3.63) is 59.7 Å². The fraction of sp³-hybridized carbons (Fsp3) is 0.571. The molecule has 0 heterocycles. The number of hydrogen-bond donors (Lipinski definition) is 0. The molecule has 0 bridgehead atoms. The van der Waals surface area contributed by atoms with E-state index in [0.717, 1.165) is 24.3 Å². The first-order chi connectivity index (χ1) is 24.5. The summed E-state index contributed by atoms with van der Waals surface area (Å²) in [6, 6.07) is 5.53. The summed E-state index contributed by atoms with van der Waals surface area (Å²) in [7, 11) is -3.18. The van der Waals surface area contributed by atoms with Gasteiger partial charge in [0.2, 0.25) is 0 Å². The zero-order chi connectivity index (χ0) is 44.4. The second-order valence-corrected chi connectivity index (χ2v) is 13.3. The van der Waals surface area contributed by atoms with Gasteiger partial charge in [-0.2, -0.15) is 114 Å². The summed E-state index contributed by atoms with van der Waals surface area (Å²) in [5.74, 6) is -76.5. The largest absolute Gasteiger partial charge is 0.460 e. The summed E-state index contributed by atoms with van der Waals surface area (Å²) in [6.45, 7) is 0. The number of aryl methyl sites for hydroxylation is 2. The summed E-state index contributed by atoms with van der Waals surface area (Å²) in [5, 5.41) is -1.20. The van der Waals surface area contributed by atoms with Gasteiger partial charge >= 0.3 is 79.4 Å². The zero-order valence-electron chi connectivity index (χ0n) is 26.1. The molecule has 0 aromatic heterocycles. The second kappa shape index (κ2) is 14.5. The van der Waals surface area contributed by atoms with Crippen molar-refractivity contribution < 1.29 is 119 Å². The fourth-order valence-electron chi connectivity index (χ4n) is 4.35. The van der Waals surface area contributed by atoms with E-state index >= 15 is 0 Å². The highest BCUT2D eigenvalue weighted by molar-refractivity contribution is 7.61. The van der Waals surface area contributed by atoms with E-state index in [9.17, 15) is 119 Å². The number of alkyl halides is 26. The van der Waals surface area contributed by atoms with Crippen molar-refractivity contribution in [2.24, 2.45) is 0 Å². The maximum absolute atomic E-state index is 14.2. The predicted molar refractivity (Wildman–Crippen MR) is 138 cm³/mol. The Morgan fingerprint density at radius 1 is 0.357 bits per heavy atom. The number of hydrogen-bond acceptors (Lipinski definition) is 1. The molecule has 2 aromatic rings. The number of rotatable bonds is 16. The van der Waals surface area contributed by atoms with Gasteiger partial charge in [0.15, 0.2) is 10.6 Å². The van der Waals surface area contributed by atoms with Crippen molar-refractivity contribution in [3.8, 4) is 0 Å². The van der Waals surface area contributed by atoms with Gasteiger partial charge in [-0.05, 0) is 48.2 Å². The second-order valence-electron chi connectivity index (χ2n) is 11.6. The average Bonchev–Trinajstić information content (AvgIpc) is 3.04. The van der Waals surface area contributed by atoms with Gasteiger partial charge in [-0.25, -0.2) is 0 Å². The fourth-order valence-corrected chi connectivity index (χ4v) is 5.65. The van der Waals surface area contributed by atoms with Gasteiger partial charge in [-0.1, -0.05) is 28.8 Å². The smallest absolute Gasteiger partial charge is 0.200 e. The van der Waals surface area contributed by atoms with E-state index in [1.807, 2.05) is 0 Å². The maximum Gasteiger partial charge on any atom is 0.460 e. The first kappa shape index (κ1) is 48.9. The molecule has 0 saturated carbocycles. The molecule has 0 N–H and O–H groups in total. The Labute approximate surface area is 294 Å². The number of halogens is 26. The van der Waals surface area contributed by atoms with Crippen LogP contribution in [0, 0.1) is 0 Å². The molecule has 0 radical (unpaired) electrons. The van der Waals surface area contributed by atoms with Crippen LogP contribution in [0.5, 0.6) is 0 Å². The lowest BCUT2D eigenvalue weighted by Crippen LogP contribution is -2.70. The Kier molecular flexibility index (Phi) is 12.7. The minimum Gasteiger partial charge on any atom is -0.200 e. The number of benzene rings is 2. The lowest BCUT2D eigenvalue weighted by Gasteiger charge is -2.39. The van der Waals surface area contributed by atoms with E-state index in [1.54, 1.807) is 0 Å². The summed E-state index contributed by atoms with van der Waals surface area (Å²) >= 11 is 0. The zero-order valence-corrected chi connectivity index (χ0v) is 27.0. The molecule has 1 nitrogen and oxygen atoms in total.